The molecule has 0 atom stereocenters. The molecule has 0 radical (unpaired) electrons. The Morgan fingerprint density at radius 2 is 1.11 bits per heavy atom. The first-order valence-corrected chi connectivity index (χ1v) is 14.5. The van der Waals surface area contributed by atoms with E-state index in [9.17, 15) is 0 Å². The normalized spacial score (nSPS) is 12.2. The molecule has 0 spiro atoms. The van der Waals surface area contributed by atoms with Crippen molar-refractivity contribution >= 4 is 54.1 Å². The van der Waals surface area contributed by atoms with Crippen molar-refractivity contribution in [2.75, 3.05) is 0 Å². The molecule has 6 aromatic rings. The smallest absolute Gasteiger partial charge is 0.0486 e. The minimum absolute atomic E-state index is 1.18. The lowest BCUT2D eigenvalue weighted by Crippen LogP contribution is -1.96. The molecule has 0 unspecified atom stereocenters. The molecule has 0 aliphatic rings. The van der Waals surface area contributed by atoms with Crippen molar-refractivity contribution in [2.45, 2.75) is 71.1 Å². The van der Waals surface area contributed by atoms with Gasteiger partial charge in [0, 0.05) is 47.8 Å². The number of hydrogen-bond acceptors (Lipinski definition) is 0. The number of unbranched alkanes of at least 4 members (excludes halogenated alkanes) is 8. The van der Waals surface area contributed by atoms with Crippen molar-refractivity contribution in [1.82, 2.24) is 9.13 Å². The highest BCUT2D eigenvalue weighted by Crippen LogP contribution is 2.36. The fourth-order valence-corrected chi connectivity index (χ4v) is 6.39. The quantitative estimate of drug-likeness (QED) is 0.134. The summed E-state index contributed by atoms with van der Waals surface area (Å²) >= 11 is 0. The number of aryl methyl sites for hydroxylation is 3. The average Bonchev–Trinajstić information content (AvgIpc) is 3.43. The molecule has 0 saturated heterocycles. The zero-order valence-corrected chi connectivity index (χ0v) is 22.8. The molecule has 2 heteroatoms. The van der Waals surface area contributed by atoms with Gasteiger partial charge in [0.15, 0.2) is 0 Å². The van der Waals surface area contributed by atoms with Gasteiger partial charge in [-0.1, -0.05) is 82.6 Å². The summed E-state index contributed by atoms with van der Waals surface area (Å²) in [5, 5.41) is 10.7. The van der Waals surface area contributed by atoms with E-state index in [1.165, 1.54) is 124 Å². The summed E-state index contributed by atoms with van der Waals surface area (Å²) < 4.78 is 4.66. The Labute approximate surface area is 220 Å². The lowest BCUT2D eigenvalue weighted by atomic mass is 9.95. The molecule has 0 bridgehead atoms. The van der Waals surface area contributed by atoms with Gasteiger partial charge >= 0.3 is 0 Å². The van der Waals surface area contributed by atoms with Crippen LogP contribution in [0.5, 0.6) is 0 Å². The van der Waals surface area contributed by atoms with E-state index in [4.69, 9.17) is 0 Å². The van der Waals surface area contributed by atoms with Crippen molar-refractivity contribution in [2.24, 2.45) is 14.1 Å². The predicted molar refractivity (Wildman–Crippen MR) is 163 cm³/mol. The van der Waals surface area contributed by atoms with Crippen molar-refractivity contribution in [3.05, 3.63) is 72.6 Å². The molecule has 0 saturated carbocycles. The van der Waals surface area contributed by atoms with Crippen LogP contribution in [-0.4, -0.2) is 9.13 Å². The van der Waals surface area contributed by atoms with Gasteiger partial charge in [0.1, 0.15) is 0 Å². The van der Waals surface area contributed by atoms with Crippen LogP contribution in [0.4, 0.5) is 0 Å². The third-order valence-corrected chi connectivity index (χ3v) is 8.64. The van der Waals surface area contributed by atoms with E-state index in [1.807, 2.05) is 0 Å². The van der Waals surface area contributed by atoms with Gasteiger partial charge in [-0.25, -0.2) is 0 Å². The molecule has 0 aliphatic heterocycles. The molecular formula is C35H40N2. The average molecular weight is 489 g/mol. The second-order valence-electron chi connectivity index (χ2n) is 11.2. The molecule has 0 aliphatic carbocycles. The van der Waals surface area contributed by atoms with Gasteiger partial charge in [-0.3, -0.25) is 0 Å². The maximum absolute atomic E-state index is 2.44. The van der Waals surface area contributed by atoms with E-state index in [0.29, 0.717) is 0 Å². The van der Waals surface area contributed by atoms with Gasteiger partial charge in [-0.2, -0.15) is 0 Å². The maximum atomic E-state index is 2.44. The lowest BCUT2D eigenvalue weighted by molar-refractivity contribution is 0.562. The van der Waals surface area contributed by atoms with Crippen LogP contribution >= 0.6 is 0 Å². The van der Waals surface area contributed by atoms with Crippen LogP contribution in [-0.2, 0) is 20.5 Å². The molecule has 37 heavy (non-hydrogen) atoms. The molecular weight excluding hydrogens is 448 g/mol. The van der Waals surface area contributed by atoms with Crippen LogP contribution in [0.2, 0.25) is 0 Å². The van der Waals surface area contributed by atoms with Gasteiger partial charge < -0.3 is 9.13 Å². The third kappa shape index (κ3) is 4.52. The van der Waals surface area contributed by atoms with E-state index in [1.54, 1.807) is 0 Å². The topological polar surface area (TPSA) is 9.86 Å². The first-order valence-electron chi connectivity index (χ1n) is 14.5. The zero-order chi connectivity index (χ0) is 25.4. The fourth-order valence-electron chi connectivity index (χ4n) is 6.39. The minimum Gasteiger partial charge on any atom is -0.351 e. The van der Waals surface area contributed by atoms with Gasteiger partial charge in [0.2, 0.25) is 0 Å². The van der Waals surface area contributed by atoms with Crippen LogP contribution in [0.3, 0.4) is 0 Å². The third-order valence-electron chi connectivity index (χ3n) is 8.64. The fraction of sp³-hybridized carbons (Fsp3) is 0.371. The zero-order valence-electron chi connectivity index (χ0n) is 22.8. The van der Waals surface area contributed by atoms with E-state index in [-0.39, 0.29) is 0 Å². The summed E-state index contributed by atoms with van der Waals surface area (Å²) in [7, 11) is 4.39. The molecule has 2 aromatic heterocycles. The van der Waals surface area contributed by atoms with Gasteiger partial charge in [0.05, 0.1) is 0 Å². The molecule has 4 aromatic carbocycles. The second kappa shape index (κ2) is 10.2. The predicted octanol–water partition coefficient (Wildman–Crippen LogP) is 10.2. The first-order chi connectivity index (χ1) is 18.1. The number of benzene rings is 4. The Kier molecular flexibility index (Phi) is 6.67. The Morgan fingerprint density at radius 3 is 1.78 bits per heavy atom. The maximum Gasteiger partial charge on any atom is 0.0486 e. The van der Waals surface area contributed by atoms with Crippen molar-refractivity contribution in [3.63, 3.8) is 0 Å². The summed E-state index contributed by atoms with van der Waals surface area (Å²) in [5.41, 5.74) is 4.11. The molecule has 190 valence electrons. The van der Waals surface area contributed by atoms with Crippen molar-refractivity contribution in [1.29, 1.82) is 0 Å². The highest BCUT2D eigenvalue weighted by Gasteiger charge is 2.11. The van der Waals surface area contributed by atoms with E-state index >= 15 is 0 Å². The monoisotopic (exact) mass is 488 g/mol. The largest absolute Gasteiger partial charge is 0.351 e. The standard InChI is InChI=1S/C35H40N2/c1-4-5-6-7-8-9-10-11-12-13-29-22-28-21-26-15-17-30-31(33(26)24-35(28)37(29)3)16-14-25-20-27-18-19-36(2)34(27)23-32(25)30/h14-24H,4-13H2,1-3H3. The van der Waals surface area contributed by atoms with E-state index in [2.05, 4.69) is 97.0 Å². The molecule has 0 amide bonds. The lowest BCUT2D eigenvalue weighted by Gasteiger charge is -2.10. The molecule has 0 N–H and O–H groups in total. The number of nitrogens with zero attached hydrogens (tertiary/aromatic N) is 2. The summed E-state index contributed by atoms with van der Waals surface area (Å²) in [4.78, 5) is 0. The Morgan fingerprint density at radius 1 is 0.514 bits per heavy atom. The Bertz CT molecular complexity index is 1710. The van der Waals surface area contributed by atoms with Crippen molar-refractivity contribution < 1.29 is 0 Å². The Balaban J connectivity index is 1.27. The second-order valence-corrected chi connectivity index (χ2v) is 11.2. The minimum atomic E-state index is 1.18. The molecule has 0 fully saturated rings. The van der Waals surface area contributed by atoms with Gasteiger partial charge in [0.25, 0.3) is 0 Å². The highest BCUT2D eigenvalue weighted by molar-refractivity contribution is 6.20. The van der Waals surface area contributed by atoms with Gasteiger partial charge in [-0.05, 0) is 81.6 Å². The van der Waals surface area contributed by atoms with E-state index in [0.717, 1.165) is 0 Å². The molecule has 6 rings (SSSR count). The number of fused-ring (bicyclic) bond motifs is 7. The number of aromatic nitrogens is 2. The van der Waals surface area contributed by atoms with Crippen LogP contribution in [0, 0.1) is 0 Å². The Hall–Kier alpha value is -3.26. The van der Waals surface area contributed by atoms with Crippen LogP contribution in [0.25, 0.3) is 54.1 Å². The first kappa shape index (κ1) is 24.1. The SMILES string of the molecule is CCCCCCCCCCCc1cc2cc3ccc4c5cc6c(ccn6C)cc5ccc4c3cc2n1C. The highest BCUT2D eigenvalue weighted by atomic mass is 14.9. The summed E-state index contributed by atoms with van der Waals surface area (Å²) in [6, 6.07) is 23.4. The molecule has 2 nitrogen and oxygen atoms in total. The van der Waals surface area contributed by atoms with Crippen LogP contribution in [0.15, 0.2) is 66.9 Å². The van der Waals surface area contributed by atoms with E-state index < -0.39 is 0 Å². The van der Waals surface area contributed by atoms with Crippen molar-refractivity contribution in [3.8, 4) is 0 Å². The number of hydrogen-bond donors (Lipinski definition) is 0. The van der Waals surface area contributed by atoms with Crippen LogP contribution in [0.1, 0.15) is 70.4 Å². The van der Waals surface area contributed by atoms with Gasteiger partial charge in [-0.15, -0.1) is 0 Å². The summed E-state index contributed by atoms with van der Waals surface area (Å²) in [6.07, 6.45) is 15.8. The summed E-state index contributed by atoms with van der Waals surface area (Å²) in [5.74, 6) is 0. The summed E-state index contributed by atoms with van der Waals surface area (Å²) in [6.45, 7) is 2.29. The van der Waals surface area contributed by atoms with Crippen LogP contribution < -0.4 is 0 Å². The molecule has 2 heterocycles. The number of rotatable bonds is 10.